The lowest BCUT2D eigenvalue weighted by atomic mass is 10.2. The number of carbonyl (C=O) groups is 1. The number of rotatable bonds is 3. The van der Waals surface area contributed by atoms with Crippen LogP contribution in [-0.2, 0) is 11.3 Å². The van der Waals surface area contributed by atoms with Gasteiger partial charge in [0.2, 0.25) is 0 Å². The van der Waals surface area contributed by atoms with Gasteiger partial charge in [-0.3, -0.25) is 9.69 Å². The maximum absolute atomic E-state index is 12.5. The number of carbonyl (C=O) groups excluding carboxylic acids is 1. The molecule has 1 aromatic heterocycles. The Morgan fingerprint density at radius 1 is 1.36 bits per heavy atom. The fourth-order valence-electron chi connectivity index (χ4n) is 2.15. The lowest BCUT2D eigenvalue weighted by molar-refractivity contribution is -0.122. The summed E-state index contributed by atoms with van der Waals surface area (Å²) in [6.07, 6.45) is 5.11. The van der Waals surface area contributed by atoms with Crippen LogP contribution in [0.15, 0.2) is 57.8 Å². The number of amidine groups is 1. The minimum absolute atomic E-state index is 0.138. The zero-order valence-electron chi connectivity index (χ0n) is 11.8. The van der Waals surface area contributed by atoms with Gasteiger partial charge in [-0.1, -0.05) is 35.5 Å². The summed E-state index contributed by atoms with van der Waals surface area (Å²) in [5, 5.41) is 1.32. The Kier molecular flexibility index (Phi) is 4.36. The van der Waals surface area contributed by atoms with Crippen molar-refractivity contribution in [3.63, 3.8) is 0 Å². The van der Waals surface area contributed by atoms with E-state index in [1.807, 2.05) is 30.5 Å². The molecule has 1 aliphatic heterocycles. The van der Waals surface area contributed by atoms with E-state index < -0.39 is 0 Å². The molecular formula is C16H13ClN2O2S. The molecule has 4 nitrogen and oxygen atoms in total. The summed E-state index contributed by atoms with van der Waals surface area (Å²) in [6, 6.07) is 11.0. The van der Waals surface area contributed by atoms with E-state index in [-0.39, 0.29) is 5.91 Å². The molecule has 112 valence electrons. The minimum Gasteiger partial charge on any atom is -0.465 e. The van der Waals surface area contributed by atoms with E-state index in [1.54, 1.807) is 29.4 Å². The van der Waals surface area contributed by atoms with E-state index >= 15 is 0 Å². The molecule has 6 heteroatoms. The second-order valence-electron chi connectivity index (χ2n) is 4.66. The summed E-state index contributed by atoms with van der Waals surface area (Å²) in [5.41, 5.74) is 1.34. The first-order valence-electron chi connectivity index (χ1n) is 6.61. The molecular weight excluding hydrogens is 320 g/mol. The molecule has 2 heterocycles. The van der Waals surface area contributed by atoms with Gasteiger partial charge in [0.1, 0.15) is 11.5 Å². The minimum atomic E-state index is -0.138. The van der Waals surface area contributed by atoms with Crippen molar-refractivity contribution in [1.82, 2.24) is 4.90 Å². The van der Waals surface area contributed by atoms with E-state index in [2.05, 4.69) is 4.99 Å². The highest BCUT2D eigenvalue weighted by Crippen LogP contribution is 2.25. The third-order valence-electron chi connectivity index (χ3n) is 3.15. The molecule has 0 atom stereocenters. The van der Waals surface area contributed by atoms with Crippen molar-refractivity contribution in [2.45, 2.75) is 6.54 Å². The van der Waals surface area contributed by atoms with Gasteiger partial charge in [0.15, 0.2) is 5.17 Å². The monoisotopic (exact) mass is 332 g/mol. The van der Waals surface area contributed by atoms with Crippen LogP contribution in [-0.4, -0.2) is 22.2 Å². The molecule has 0 N–H and O–H groups in total. The number of benzene rings is 1. The molecule has 2 aromatic rings. The van der Waals surface area contributed by atoms with Gasteiger partial charge < -0.3 is 4.42 Å². The van der Waals surface area contributed by atoms with Crippen LogP contribution < -0.4 is 0 Å². The second kappa shape index (κ2) is 6.42. The predicted molar refractivity (Wildman–Crippen MR) is 89.6 cm³/mol. The molecule has 0 unspecified atom stereocenters. The average Bonchev–Trinajstić information content (AvgIpc) is 3.11. The fraction of sp³-hybridized carbons (Fsp3) is 0.125. The van der Waals surface area contributed by atoms with Crippen LogP contribution in [0.2, 0.25) is 5.02 Å². The van der Waals surface area contributed by atoms with Gasteiger partial charge in [-0.25, -0.2) is 4.99 Å². The van der Waals surface area contributed by atoms with Crippen LogP contribution in [0.4, 0.5) is 0 Å². The van der Waals surface area contributed by atoms with E-state index in [0.29, 0.717) is 28.2 Å². The molecule has 0 saturated carbocycles. The fourth-order valence-corrected chi connectivity index (χ4v) is 2.92. The zero-order chi connectivity index (χ0) is 15.5. The molecule has 0 radical (unpaired) electrons. The van der Waals surface area contributed by atoms with Crippen LogP contribution in [0.3, 0.4) is 0 Å². The van der Waals surface area contributed by atoms with Crippen LogP contribution in [0.5, 0.6) is 0 Å². The number of nitrogens with zero attached hydrogens (tertiary/aromatic N) is 2. The van der Waals surface area contributed by atoms with Crippen LogP contribution in [0.1, 0.15) is 11.3 Å². The lowest BCUT2D eigenvalue weighted by Gasteiger charge is -2.16. The SMILES string of the molecule is CSC1=N/C(=C\c2ccco2)C(=O)N1Cc1cccc(Cl)c1. The molecule has 3 rings (SSSR count). The number of thioether (sulfide) groups is 1. The first-order valence-corrected chi connectivity index (χ1v) is 8.22. The van der Waals surface area contributed by atoms with Crippen LogP contribution >= 0.6 is 23.4 Å². The van der Waals surface area contributed by atoms with Crippen molar-refractivity contribution >= 4 is 40.5 Å². The standard InChI is InChI=1S/C16H13ClN2O2S/c1-22-16-18-14(9-13-6-3-7-21-13)15(20)19(16)10-11-4-2-5-12(17)8-11/h2-9H,10H2,1H3/b14-9-. The van der Waals surface area contributed by atoms with Gasteiger partial charge in [-0.05, 0) is 36.1 Å². The van der Waals surface area contributed by atoms with Crippen molar-refractivity contribution in [2.24, 2.45) is 4.99 Å². The third kappa shape index (κ3) is 3.10. The van der Waals surface area contributed by atoms with E-state index in [1.165, 1.54) is 11.8 Å². The molecule has 0 spiro atoms. The van der Waals surface area contributed by atoms with Gasteiger partial charge in [0.05, 0.1) is 12.8 Å². The number of aliphatic imine (C=N–C) groups is 1. The highest BCUT2D eigenvalue weighted by molar-refractivity contribution is 8.13. The Balaban J connectivity index is 1.86. The Morgan fingerprint density at radius 2 is 2.23 bits per heavy atom. The summed E-state index contributed by atoms with van der Waals surface area (Å²) < 4.78 is 5.24. The largest absolute Gasteiger partial charge is 0.465 e. The van der Waals surface area contributed by atoms with Crippen molar-refractivity contribution < 1.29 is 9.21 Å². The van der Waals surface area contributed by atoms with Gasteiger partial charge in [0.25, 0.3) is 5.91 Å². The summed E-state index contributed by atoms with van der Waals surface area (Å²) in [5.74, 6) is 0.470. The van der Waals surface area contributed by atoms with Gasteiger partial charge in [-0.15, -0.1) is 0 Å². The number of hydrogen-bond acceptors (Lipinski definition) is 4. The average molecular weight is 333 g/mol. The maximum Gasteiger partial charge on any atom is 0.278 e. The first kappa shape index (κ1) is 14.9. The number of halogens is 1. The Labute approximate surface area is 137 Å². The van der Waals surface area contributed by atoms with Gasteiger partial charge in [-0.2, -0.15) is 0 Å². The van der Waals surface area contributed by atoms with Crippen molar-refractivity contribution in [2.75, 3.05) is 6.26 Å². The number of hydrogen-bond donors (Lipinski definition) is 0. The summed E-state index contributed by atoms with van der Waals surface area (Å²) in [6.45, 7) is 0.439. The Hall–Kier alpha value is -1.98. The zero-order valence-corrected chi connectivity index (χ0v) is 13.4. The number of amides is 1. The molecule has 1 amide bonds. The first-order chi connectivity index (χ1) is 10.7. The van der Waals surface area contributed by atoms with Gasteiger partial charge in [0, 0.05) is 11.1 Å². The predicted octanol–water partition coefficient (Wildman–Crippen LogP) is 4.04. The molecule has 1 aromatic carbocycles. The lowest BCUT2D eigenvalue weighted by Crippen LogP contribution is -2.29. The van der Waals surface area contributed by atoms with E-state index in [4.69, 9.17) is 16.0 Å². The smallest absolute Gasteiger partial charge is 0.278 e. The van der Waals surface area contributed by atoms with E-state index in [0.717, 1.165) is 5.56 Å². The third-order valence-corrected chi connectivity index (χ3v) is 4.06. The van der Waals surface area contributed by atoms with E-state index in [9.17, 15) is 4.79 Å². The van der Waals surface area contributed by atoms with Crippen LogP contribution in [0.25, 0.3) is 6.08 Å². The van der Waals surface area contributed by atoms with Crippen molar-refractivity contribution in [3.8, 4) is 0 Å². The highest BCUT2D eigenvalue weighted by atomic mass is 35.5. The molecule has 0 fully saturated rings. The highest BCUT2D eigenvalue weighted by Gasteiger charge is 2.30. The topological polar surface area (TPSA) is 45.8 Å². The molecule has 0 bridgehead atoms. The quantitative estimate of drug-likeness (QED) is 0.797. The normalized spacial score (nSPS) is 16.5. The molecule has 22 heavy (non-hydrogen) atoms. The summed E-state index contributed by atoms with van der Waals surface area (Å²) in [4.78, 5) is 18.6. The summed E-state index contributed by atoms with van der Waals surface area (Å²) >= 11 is 7.43. The Bertz CT molecular complexity index is 753. The van der Waals surface area contributed by atoms with Crippen molar-refractivity contribution in [1.29, 1.82) is 0 Å². The number of furan rings is 1. The second-order valence-corrected chi connectivity index (χ2v) is 5.87. The summed E-state index contributed by atoms with van der Waals surface area (Å²) in [7, 11) is 0. The van der Waals surface area contributed by atoms with Crippen LogP contribution in [0, 0.1) is 0 Å². The molecule has 0 aliphatic carbocycles. The van der Waals surface area contributed by atoms with Crippen molar-refractivity contribution in [3.05, 3.63) is 64.7 Å². The molecule has 1 aliphatic rings. The van der Waals surface area contributed by atoms with Gasteiger partial charge >= 0.3 is 0 Å². The molecule has 0 saturated heterocycles. The maximum atomic E-state index is 12.5. The Morgan fingerprint density at radius 3 is 2.91 bits per heavy atom.